The second-order valence-electron chi connectivity index (χ2n) is 3.01. The molecule has 0 spiro atoms. The number of hydrogen-bond donors (Lipinski definition) is 1. The van der Waals surface area contributed by atoms with E-state index < -0.39 is 0 Å². The maximum atomic E-state index is 11.5. The molecule has 0 saturated carbocycles. The molecule has 0 saturated heterocycles. The van der Waals surface area contributed by atoms with Gasteiger partial charge in [-0.1, -0.05) is 0 Å². The van der Waals surface area contributed by atoms with Gasteiger partial charge in [0.05, 0.1) is 17.3 Å². The molecule has 0 radical (unpaired) electrons. The number of nitrogens with one attached hydrogen (secondary N) is 1. The third kappa shape index (κ3) is 1.74. The smallest absolute Gasteiger partial charge is 0.255 e. The summed E-state index contributed by atoms with van der Waals surface area (Å²) in [6.07, 6.45) is 0. The van der Waals surface area contributed by atoms with Crippen LogP contribution in [0.1, 0.15) is 21.7 Å². The van der Waals surface area contributed by atoms with Gasteiger partial charge in [-0.3, -0.25) is 9.48 Å². The first-order valence-corrected chi connectivity index (χ1v) is 4.23. The quantitative estimate of drug-likeness (QED) is 0.684. The lowest BCUT2D eigenvalue weighted by Crippen LogP contribution is -2.24. The van der Waals surface area contributed by atoms with Crippen molar-refractivity contribution in [1.82, 2.24) is 15.1 Å². The number of carbonyl (C=O) groups excluding carboxylic acids is 1. The van der Waals surface area contributed by atoms with Gasteiger partial charge in [0.1, 0.15) is 6.54 Å². The van der Waals surface area contributed by atoms with Crippen molar-refractivity contribution in [3.8, 4) is 6.07 Å². The molecule has 5 heteroatoms. The maximum Gasteiger partial charge on any atom is 0.255 e. The third-order valence-electron chi connectivity index (χ3n) is 2.06. The van der Waals surface area contributed by atoms with Gasteiger partial charge in [0, 0.05) is 12.7 Å². The van der Waals surface area contributed by atoms with Gasteiger partial charge in [0.2, 0.25) is 0 Å². The molecule has 0 atom stereocenters. The molecule has 0 fully saturated rings. The Hall–Kier alpha value is -1.83. The normalized spacial score (nSPS) is 9.57. The summed E-state index contributed by atoms with van der Waals surface area (Å²) in [5.74, 6) is -0.241. The van der Waals surface area contributed by atoms with Crippen LogP contribution in [0.2, 0.25) is 0 Å². The van der Waals surface area contributed by atoms with Crippen molar-refractivity contribution in [2.75, 3.05) is 6.54 Å². The zero-order valence-electron chi connectivity index (χ0n) is 8.46. The molecule has 0 aliphatic heterocycles. The Morgan fingerprint density at radius 1 is 1.64 bits per heavy atom. The van der Waals surface area contributed by atoms with Crippen molar-refractivity contribution in [1.29, 1.82) is 5.26 Å². The van der Waals surface area contributed by atoms with Crippen LogP contribution in [0, 0.1) is 25.2 Å². The van der Waals surface area contributed by atoms with E-state index in [1.54, 1.807) is 18.7 Å². The van der Waals surface area contributed by atoms with Gasteiger partial charge in [-0.15, -0.1) is 0 Å². The number of nitriles is 1. The molecule has 1 heterocycles. The fourth-order valence-corrected chi connectivity index (χ4v) is 1.31. The van der Waals surface area contributed by atoms with Crippen LogP contribution in [0.4, 0.5) is 0 Å². The van der Waals surface area contributed by atoms with Crippen LogP contribution in [0.3, 0.4) is 0 Å². The second kappa shape index (κ2) is 3.92. The van der Waals surface area contributed by atoms with Crippen molar-refractivity contribution < 1.29 is 4.79 Å². The van der Waals surface area contributed by atoms with E-state index >= 15 is 0 Å². The molecule has 1 rings (SSSR count). The molecule has 1 amide bonds. The molecule has 1 aromatic heterocycles. The SMILES string of the molecule is Cc1nn(C)c(C)c1C(=O)NCC#N. The summed E-state index contributed by atoms with van der Waals surface area (Å²) < 4.78 is 1.65. The molecule has 74 valence electrons. The molecular weight excluding hydrogens is 180 g/mol. The highest BCUT2D eigenvalue weighted by Crippen LogP contribution is 2.10. The minimum absolute atomic E-state index is 0.0204. The van der Waals surface area contributed by atoms with E-state index in [9.17, 15) is 4.79 Å². The van der Waals surface area contributed by atoms with E-state index in [1.165, 1.54) is 0 Å². The standard InChI is InChI=1S/C9H12N4O/c1-6-8(7(2)13(3)12-6)9(14)11-5-4-10/h5H2,1-3H3,(H,11,14). The number of rotatable bonds is 2. The first-order valence-electron chi connectivity index (χ1n) is 4.23. The van der Waals surface area contributed by atoms with Gasteiger partial charge in [-0.2, -0.15) is 10.4 Å². The topological polar surface area (TPSA) is 70.7 Å². The molecular formula is C9H12N4O. The summed E-state index contributed by atoms with van der Waals surface area (Å²) in [5.41, 5.74) is 2.04. The van der Waals surface area contributed by atoms with E-state index in [0.29, 0.717) is 11.3 Å². The van der Waals surface area contributed by atoms with E-state index in [0.717, 1.165) is 5.69 Å². The zero-order valence-corrected chi connectivity index (χ0v) is 8.46. The van der Waals surface area contributed by atoms with Gasteiger partial charge in [-0.25, -0.2) is 0 Å². The molecule has 0 bridgehead atoms. The van der Waals surface area contributed by atoms with Crippen molar-refractivity contribution >= 4 is 5.91 Å². The fraction of sp³-hybridized carbons (Fsp3) is 0.444. The lowest BCUT2D eigenvalue weighted by Gasteiger charge is -2.00. The summed E-state index contributed by atoms with van der Waals surface area (Å²) in [7, 11) is 1.78. The lowest BCUT2D eigenvalue weighted by atomic mass is 10.2. The van der Waals surface area contributed by atoms with Gasteiger partial charge in [-0.05, 0) is 13.8 Å². The lowest BCUT2D eigenvalue weighted by molar-refractivity contribution is 0.0957. The highest BCUT2D eigenvalue weighted by Gasteiger charge is 2.16. The molecule has 0 aromatic carbocycles. The third-order valence-corrected chi connectivity index (χ3v) is 2.06. The molecule has 1 N–H and O–H groups in total. The fourth-order valence-electron chi connectivity index (χ4n) is 1.31. The Kier molecular flexibility index (Phi) is 2.87. The predicted molar refractivity (Wildman–Crippen MR) is 50.6 cm³/mol. The Bertz CT molecular complexity index is 400. The largest absolute Gasteiger partial charge is 0.339 e. The van der Waals surface area contributed by atoms with Crippen molar-refractivity contribution in [3.05, 3.63) is 17.0 Å². The minimum atomic E-state index is -0.241. The number of amides is 1. The second-order valence-corrected chi connectivity index (χ2v) is 3.01. The summed E-state index contributed by atoms with van der Waals surface area (Å²) in [6.45, 7) is 3.61. The van der Waals surface area contributed by atoms with Crippen molar-refractivity contribution in [2.24, 2.45) is 7.05 Å². The minimum Gasteiger partial charge on any atom is -0.339 e. The Morgan fingerprint density at radius 3 is 2.71 bits per heavy atom. The van der Waals surface area contributed by atoms with Crippen LogP contribution in [-0.2, 0) is 7.05 Å². The molecule has 0 aliphatic carbocycles. The molecule has 14 heavy (non-hydrogen) atoms. The van der Waals surface area contributed by atoms with Crippen molar-refractivity contribution in [2.45, 2.75) is 13.8 Å². The van der Waals surface area contributed by atoms with Gasteiger partial charge in [0.15, 0.2) is 0 Å². The number of hydrogen-bond acceptors (Lipinski definition) is 3. The highest BCUT2D eigenvalue weighted by molar-refractivity contribution is 5.96. The summed E-state index contributed by atoms with van der Waals surface area (Å²) in [5, 5.41) is 14.9. The summed E-state index contributed by atoms with van der Waals surface area (Å²) >= 11 is 0. The summed E-state index contributed by atoms with van der Waals surface area (Å²) in [4.78, 5) is 11.5. The highest BCUT2D eigenvalue weighted by atomic mass is 16.1. The molecule has 1 aromatic rings. The van der Waals surface area contributed by atoms with Crippen LogP contribution >= 0.6 is 0 Å². The Labute approximate surface area is 82.3 Å². The Balaban J connectivity index is 2.96. The van der Waals surface area contributed by atoms with E-state index in [-0.39, 0.29) is 12.5 Å². The van der Waals surface area contributed by atoms with Crippen LogP contribution in [0.25, 0.3) is 0 Å². The van der Waals surface area contributed by atoms with Crippen LogP contribution in [0.15, 0.2) is 0 Å². The summed E-state index contributed by atoms with van der Waals surface area (Å²) in [6, 6.07) is 1.85. The number of nitrogens with zero attached hydrogens (tertiary/aromatic N) is 3. The number of carbonyl (C=O) groups is 1. The van der Waals surface area contributed by atoms with E-state index in [2.05, 4.69) is 10.4 Å². The maximum absolute atomic E-state index is 11.5. The van der Waals surface area contributed by atoms with Crippen molar-refractivity contribution in [3.63, 3.8) is 0 Å². The van der Waals surface area contributed by atoms with E-state index in [4.69, 9.17) is 5.26 Å². The number of aryl methyl sites for hydroxylation is 2. The molecule has 0 aliphatic rings. The average Bonchev–Trinajstić information content (AvgIpc) is 2.38. The van der Waals surface area contributed by atoms with E-state index in [1.807, 2.05) is 13.0 Å². The van der Waals surface area contributed by atoms with Crippen LogP contribution in [-0.4, -0.2) is 22.2 Å². The molecule has 0 unspecified atom stereocenters. The Morgan fingerprint density at radius 2 is 2.29 bits per heavy atom. The van der Waals surface area contributed by atoms with Gasteiger partial charge < -0.3 is 5.32 Å². The van der Waals surface area contributed by atoms with Crippen LogP contribution in [0.5, 0.6) is 0 Å². The van der Waals surface area contributed by atoms with Crippen LogP contribution < -0.4 is 5.32 Å². The van der Waals surface area contributed by atoms with Gasteiger partial charge >= 0.3 is 0 Å². The predicted octanol–water partition coefficient (Wildman–Crippen LogP) is 0.290. The van der Waals surface area contributed by atoms with Gasteiger partial charge in [0.25, 0.3) is 5.91 Å². The first-order chi connectivity index (χ1) is 6.57. The first kappa shape index (κ1) is 10.3. The monoisotopic (exact) mass is 192 g/mol. The zero-order chi connectivity index (χ0) is 10.7. The average molecular weight is 192 g/mol. The number of aromatic nitrogens is 2. The molecule has 5 nitrogen and oxygen atoms in total.